The van der Waals surface area contributed by atoms with Crippen LogP contribution in [0.5, 0.6) is 0 Å². The molecule has 0 amide bonds. The highest BCUT2D eigenvalue weighted by Crippen LogP contribution is 2.30. The average molecular weight is 336 g/mol. The Bertz CT molecular complexity index is 798. The van der Waals surface area contributed by atoms with Gasteiger partial charge in [0.25, 0.3) is 0 Å². The van der Waals surface area contributed by atoms with Gasteiger partial charge in [-0.25, -0.2) is 13.0 Å². The molecule has 2 aliphatic heterocycles. The maximum atomic E-state index is 13.1. The zero-order valence-corrected chi connectivity index (χ0v) is 13.7. The first-order valence-corrected chi connectivity index (χ1v) is 9.56. The van der Waals surface area contributed by atoms with Crippen LogP contribution in [-0.2, 0) is 10.0 Å². The van der Waals surface area contributed by atoms with Crippen molar-refractivity contribution < 1.29 is 13.0 Å². The molecule has 124 valence electrons. The van der Waals surface area contributed by atoms with Gasteiger partial charge in [-0.05, 0) is 61.2 Å². The number of likely N-dealkylation sites (tertiary alicyclic amines) is 1. The van der Waals surface area contributed by atoms with Gasteiger partial charge in [0, 0.05) is 19.1 Å². The van der Waals surface area contributed by atoms with Crippen LogP contribution in [0.4, 0.5) is 0 Å². The fourth-order valence-electron chi connectivity index (χ4n) is 3.69. The van der Waals surface area contributed by atoms with Crippen LogP contribution >= 0.6 is 0 Å². The number of aromatic nitrogens is 2. The van der Waals surface area contributed by atoms with E-state index in [1.165, 1.54) is 12.8 Å². The smallest absolute Gasteiger partial charge is 0.245 e. The second-order valence-electron chi connectivity index (χ2n) is 6.31. The molecule has 2 aliphatic rings. The third kappa shape index (κ3) is 2.64. The summed E-state index contributed by atoms with van der Waals surface area (Å²) in [5.41, 5.74) is 0.792. The molecule has 7 nitrogen and oxygen atoms in total. The van der Waals surface area contributed by atoms with Crippen molar-refractivity contribution in [2.24, 2.45) is 0 Å². The minimum absolute atomic E-state index is 0.0493. The zero-order chi connectivity index (χ0) is 15.9. The molecular weight excluding hydrogens is 316 g/mol. The third-order valence-electron chi connectivity index (χ3n) is 4.83. The predicted molar refractivity (Wildman–Crippen MR) is 84.4 cm³/mol. The molecule has 3 heterocycles. The topological polar surface area (TPSA) is 79.5 Å². The Morgan fingerprint density at radius 3 is 2.78 bits per heavy atom. The van der Waals surface area contributed by atoms with Gasteiger partial charge in [-0.1, -0.05) is 6.07 Å². The highest BCUT2D eigenvalue weighted by atomic mass is 32.2. The SMILES string of the molecule is O=S(=O)(c1cccc2nonc12)N1CCC[C@H]1CN1CCCC1. The van der Waals surface area contributed by atoms with Crippen LogP contribution in [0.1, 0.15) is 25.7 Å². The van der Waals surface area contributed by atoms with Gasteiger partial charge in [0.1, 0.15) is 10.4 Å². The minimum atomic E-state index is -3.58. The number of fused-ring (bicyclic) bond motifs is 1. The van der Waals surface area contributed by atoms with Crippen molar-refractivity contribution in [3.63, 3.8) is 0 Å². The Balaban J connectivity index is 1.65. The van der Waals surface area contributed by atoms with Crippen LogP contribution in [0, 0.1) is 0 Å². The molecule has 8 heteroatoms. The minimum Gasteiger partial charge on any atom is -0.302 e. The molecule has 0 aliphatic carbocycles. The summed E-state index contributed by atoms with van der Waals surface area (Å²) in [6.45, 7) is 3.55. The number of hydrogen-bond acceptors (Lipinski definition) is 6. The van der Waals surface area contributed by atoms with E-state index in [9.17, 15) is 8.42 Å². The van der Waals surface area contributed by atoms with E-state index < -0.39 is 10.0 Å². The van der Waals surface area contributed by atoms with Crippen LogP contribution in [0.25, 0.3) is 11.0 Å². The third-order valence-corrected chi connectivity index (χ3v) is 6.81. The Morgan fingerprint density at radius 2 is 1.96 bits per heavy atom. The first-order valence-electron chi connectivity index (χ1n) is 8.12. The van der Waals surface area contributed by atoms with Gasteiger partial charge in [0.15, 0.2) is 5.52 Å². The summed E-state index contributed by atoms with van der Waals surface area (Å²) in [6.07, 6.45) is 4.25. The van der Waals surface area contributed by atoms with Crippen molar-refractivity contribution in [1.29, 1.82) is 0 Å². The van der Waals surface area contributed by atoms with Gasteiger partial charge in [-0.3, -0.25) is 0 Å². The van der Waals surface area contributed by atoms with Crippen LogP contribution < -0.4 is 0 Å². The first kappa shape index (κ1) is 15.0. The van der Waals surface area contributed by atoms with Crippen molar-refractivity contribution in [1.82, 2.24) is 19.5 Å². The number of hydrogen-bond donors (Lipinski definition) is 0. The van der Waals surface area contributed by atoms with Gasteiger partial charge in [0.2, 0.25) is 10.0 Å². The van der Waals surface area contributed by atoms with E-state index in [0.717, 1.165) is 32.5 Å². The number of nitrogens with zero attached hydrogens (tertiary/aromatic N) is 4. The van der Waals surface area contributed by atoms with E-state index >= 15 is 0 Å². The Morgan fingerprint density at radius 1 is 1.13 bits per heavy atom. The highest BCUT2D eigenvalue weighted by molar-refractivity contribution is 7.89. The Labute approximate surface area is 135 Å². The number of rotatable bonds is 4. The van der Waals surface area contributed by atoms with Gasteiger partial charge in [-0.15, -0.1) is 0 Å². The quantitative estimate of drug-likeness (QED) is 0.841. The number of sulfonamides is 1. The van der Waals surface area contributed by atoms with Crippen molar-refractivity contribution in [2.75, 3.05) is 26.2 Å². The molecule has 0 spiro atoms. The predicted octanol–water partition coefficient (Wildman–Crippen LogP) is 1.47. The normalized spacial score (nSPS) is 23.9. The molecule has 0 radical (unpaired) electrons. The fourth-order valence-corrected chi connectivity index (χ4v) is 5.51. The van der Waals surface area contributed by atoms with E-state index in [1.54, 1.807) is 22.5 Å². The molecule has 23 heavy (non-hydrogen) atoms. The van der Waals surface area contributed by atoms with Gasteiger partial charge in [0.05, 0.1) is 0 Å². The van der Waals surface area contributed by atoms with Crippen molar-refractivity contribution in [3.05, 3.63) is 18.2 Å². The van der Waals surface area contributed by atoms with Crippen molar-refractivity contribution in [2.45, 2.75) is 36.6 Å². The lowest BCUT2D eigenvalue weighted by Gasteiger charge is -2.27. The molecule has 1 atom stereocenters. The molecule has 2 fully saturated rings. The second-order valence-corrected chi connectivity index (χ2v) is 8.17. The van der Waals surface area contributed by atoms with Crippen LogP contribution in [0.2, 0.25) is 0 Å². The maximum Gasteiger partial charge on any atom is 0.245 e. The summed E-state index contributed by atoms with van der Waals surface area (Å²) >= 11 is 0. The molecule has 4 rings (SSSR count). The highest BCUT2D eigenvalue weighted by Gasteiger charge is 2.37. The van der Waals surface area contributed by atoms with E-state index in [0.29, 0.717) is 17.6 Å². The van der Waals surface area contributed by atoms with E-state index in [1.807, 2.05) is 0 Å². The lowest BCUT2D eigenvalue weighted by atomic mass is 10.2. The van der Waals surface area contributed by atoms with Gasteiger partial charge >= 0.3 is 0 Å². The standard InChI is InChI=1S/C15H20N4O3S/c20-23(21,14-7-3-6-13-15(14)17-22-16-13)19-10-4-5-12(19)11-18-8-1-2-9-18/h3,6-7,12H,1-2,4-5,8-11H2/t12-/m0/s1. The Kier molecular flexibility index (Phi) is 3.82. The summed E-state index contributed by atoms with van der Waals surface area (Å²) < 4.78 is 32.6. The molecule has 2 saturated heterocycles. The van der Waals surface area contributed by atoms with Crippen LogP contribution in [0.3, 0.4) is 0 Å². The molecule has 0 N–H and O–H groups in total. The summed E-state index contributed by atoms with van der Waals surface area (Å²) in [4.78, 5) is 2.57. The molecular formula is C15H20N4O3S. The van der Waals surface area contributed by atoms with Crippen molar-refractivity contribution >= 4 is 21.1 Å². The zero-order valence-electron chi connectivity index (χ0n) is 12.9. The molecule has 2 aromatic rings. The van der Waals surface area contributed by atoms with Crippen LogP contribution in [0.15, 0.2) is 27.7 Å². The number of benzene rings is 1. The fraction of sp³-hybridized carbons (Fsp3) is 0.600. The Hall–Kier alpha value is -1.51. The monoisotopic (exact) mass is 336 g/mol. The molecule has 1 aromatic carbocycles. The average Bonchev–Trinajstić information content (AvgIpc) is 3.28. The van der Waals surface area contributed by atoms with E-state index in [-0.39, 0.29) is 10.9 Å². The summed E-state index contributed by atoms with van der Waals surface area (Å²) in [6, 6.07) is 5.03. The van der Waals surface area contributed by atoms with Gasteiger partial charge in [-0.2, -0.15) is 4.31 Å². The first-order chi connectivity index (χ1) is 11.2. The van der Waals surface area contributed by atoms with Gasteiger partial charge < -0.3 is 4.90 Å². The molecule has 1 aromatic heterocycles. The summed E-state index contributed by atoms with van der Waals surface area (Å²) in [7, 11) is -3.58. The summed E-state index contributed by atoms with van der Waals surface area (Å²) in [5.74, 6) is 0. The molecule has 0 unspecified atom stereocenters. The van der Waals surface area contributed by atoms with Crippen molar-refractivity contribution in [3.8, 4) is 0 Å². The second kappa shape index (κ2) is 5.85. The largest absolute Gasteiger partial charge is 0.302 e. The van der Waals surface area contributed by atoms with Crippen LogP contribution in [-0.4, -0.2) is 60.2 Å². The molecule has 0 saturated carbocycles. The summed E-state index contributed by atoms with van der Waals surface area (Å²) in [5, 5.41) is 7.53. The molecule has 0 bridgehead atoms. The lowest BCUT2D eigenvalue weighted by Crippen LogP contribution is -2.42. The maximum absolute atomic E-state index is 13.1. The van der Waals surface area contributed by atoms with E-state index in [2.05, 4.69) is 15.2 Å². The van der Waals surface area contributed by atoms with E-state index in [4.69, 9.17) is 4.63 Å². The lowest BCUT2D eigenvalue weighted by molar-refractivity contribution is 0.257.